The zero-order chi connectivity index (χ0) is 10.4. The standard InChI is InChI=1S/C10H16N2O2/c1-9(2)8-14-4-3-12-6-10(7-13)5-11-12/h5-7,9H,3-4,8H2,1-2H3. The molecule has 0 saturated carbocycles. The van der Waals surface area contributed by atoms with Gasteiger partial charge in [0.25, 0.3) is 0 Å². The Labute approximate surface area is 83.9 Å². The van der Waals surface area contributed by atoms with Crippen molar-refractivity contribution in [3.05, 3.63) is 18.0 Å². The molecule has 0 unspecified atom stereocenters. The smallest absolute Gasteiger partial charge is 0.153 e. The predicted molar refractivity (Wildman–Crippen MR) is 53.3 cm³/mol. The van der Waals surface area contributed by atoms with E-state index in [2.05, 4.69) is 18.9 Å². The maximum Gasteiger partial charge on any atom is 0.153 e. The van der Waals surface area contributed by atoms with E-state index in [4.69, 9.17) is 4.74 Å². The van der Waals surface area contributed by atoms with Gasteiger partial charge in [0, 0.05) is 12.8 Å². The van der Waals surface area contributed by atoms with Gasteiger partial charge < -0.3 is 4.74 Å². The average Bonchev–Trinajstić information content (AvgIpc) is 2.60. The Kier molecular flexibility index (Phi) is 4.32. The zero-order valence-electron chi connectivity index (χ0n) is 8.64. The summed E-state index contributed by atoms with van der Waals surface area (Å²) in [5, 5.41) is 4.01. The summed E-state index contributed by atoms with van der Waals surface area (Å²) in [7, 11) is 0. The van der Waals surface area contributed by atoms with Gasteiger partial charge in [-0.3, -0.25) is 9.48 Å². The van der Waals surface area contributed by atoms with E-state index in [0.717, 1.165) is 12.9 Å². The molecular weight excluding hydrogens is 180 g/mol. The maximum absolute atomic E-state index is 10.4. The molecule has 0 N–H and O–H groups in total. The van der Waals surface area contributed by atoms with Crippen molar-refractivity contribution in [2.45, 2.75) is 20.4 Å². The number of carbonyl (C=O) groups excluding carboxylic acids is 1. The lowest BCUT2D eigenvalue weighted by Gasteiger charge is -2.06. The van der Waals surface area contributed by atoms with Gasteiger partial charge in [0.1, 0.15) is 0 Å². The van der Waals surface area contributed by atoms with Gasteiger partial charge in [0.05, 0.1) is 24.9 Å². The summed E-state index contributed by atoms with van der Waals surface area (Å²) < 4.78 is 7.11. The Bertz CT molecular complexity index is 281. The van der Waals surface area contributed by atoms with Gasteiger partial charge in [0.2, 0.25) is 0 Å². The molecule has 78 valence electrons. The van der Waals surface area contributed by atoms with Crippen LogP contribution in [0.5, 0.6) is 0 Å². The Balaban J connectivity index is 2.21. The molecule has 0 aliphatic carbocycles. The summed E-state index contributed by atoms with van der Waals surface area (Å²) in [5.41, 5.74) is 0.605. The van der Waals surface area contributed by atoms with Crippen molar-refractivity contribution in [3.63, 3.8) is 0 Å². The van der Waals surface area contributed by atoms with Gasteiger partial charge >= 0.3 is 0 Å². The molecule has 0 saturated heterocycles. The van der Waals surface area contributed by atoms with Crippen LogP contribution >= 0.6 is 0 Å². The molecule has 1 aromatic heterocycles. The molecule has 0 fully saturated rings. The molecule has 0 atom stereocenters. The molecule has 14 heavy (non-hydrogen) atoms. The third-order valence-corrected chi connectivity index (χ3v) is 1.71. The highest BCUT2D eigenvalue weighted by Gasteiger charge is 1.97. The Morgan fingerprint density at radius 2 is 2.43 bits per heavy atom. The maximum atomic E-state index is 10.4. The average molecular weight is 196 g/mol. The molecule has 4 heteroatoms. The lowest BCUT2D eigenvalue weighted by Crippen LogP contribution is -2.09. The molecule has 0 aliphatic heterocycles. The fourth-order valence-corrected chi connectivity index (χ4v) is 1.04. The zero-order valence-corrected chi connectivity index (χ0v) is 8.64. The first kappa shape index (κ1) is 10.9. The molecule has 1 rings (SSSR count). The van der Waals surface area contributed by atoms with E-state index < -0.39 is 0 Å². The number of ether oxygens (including phenoxy) is 1. The summed E-state index contributed by atoms with van der Waals surface area (Å²) in [6.45, 7) is 6.32. The van der Waals surface area contributed by atoms with Crippen LogP contribution in [0.15, 0.2) is 12.4 Å². The highest BCUT2D eigenvalue weighted by molar-refractivity contribution is 5.73. The SMILES string of the molecule is CC(C)COCCn1cc(C=O)cn1. The summed E-state index contributed by atoms with van der Waals surface area (Å²) in [6.07, 6.45) is 4.06. The first-order chi connectivity index (χ1) is 6.72. The van der Waals surface area contributed by atoms with E-state index in [1.54, 1.807) is 17.1 Å². The van der Waals surface area contributed by atoms with Crippen molar-refractivity contribution < 1.29 is 9.53 Å². The second-order valence-electron chi connectivity index (χ2n) is 3.62. The van der Waals surface area contributed by atoms with Crippen LogP contribution in [0.3, 0.4) is 0 Å². The Morgan fingerprint density at radius 3 is 3.00 bits per heavy atom. The highest BCUT2D eigenvalue weighted by atomic mass is 16.5. The minimum atomic E-state index is 0.554. The number of aromatic nitrogens is 2. The van der Waals surface area contributed by atoms with E-state index in [0.29, 0.717) is 24.6 Å². The van der Waals surface area contributed by atoms with Gasteiger partial charge in [-0.25, -0.2) is 0 Å². The quantitative estimate of drug-likeness (QED) is 0.510. The van der Waals surface area contributed by atoms with E-state index in [1.165, 1.54) is 0 Å². The molecule has 1 aromatic rings. The predicted octanol–water partition coefficient (Wildman–Crippen LogP) is 1.37. The molecule has 0 radical (unpaired) electrons. The topological polar surface area (TPSA) is 44.1 Å². The van der Waals surface area contributed by atoms with Crippen LogP contribution in [-0.2, 0) is 11.3 Å². The molecule has 0 spiro atoms. The van der Waals surface area contributed by atoms with Crippen LogP contribution in [-0.4, -0.2) is 29.3 Å². The number of hydrogen-bond donors (Lipinski definition) is 0. The first-order valence-electron chi connectivity index (χ1n) is 4.77. The van der Waals surface area contributed by atoms with Gasteiger partial charge in [-0.15, -0.1) is 0 Å². The second kappa shape index (κ2) is 5.54. The Hall–Kier alpha value is -1.16. The molecule has 0 aromatic carbocycles. The third-order valence-electron chi connectivity index (χ3n) is 1.71. The van der Waals surface area contributed by atoms with Crippen LogP contribution in [0.2, 0.25) is 0 Å². The van der Waals surface area contributed by atoms with E-state index >= 15 is 0 Å². The van der Waals surface area contributed by atoms with Gasteiger partial charge in [-0.05, 0) is 5.92 Å². The molecule has 4 nitrogen and oxygen atoms in total. The van der Waals surface area contributed by atoms with Gasteiger partial charge in [0.15, 0.2) is 6.29 Å². The number of carbonyl (C=O) groups is 1. The highest BCUT2D eigenvalue weighted by Crippen LogP contribution is 1.95. The van der Waals surface area contributed by atoms with E-state index in [-0.39, 0.29) is 0 Å². The van der Waals surface area contributed by atoms with Crippen molar-refractivity contribution in [1.82, 2.24) is 9.78 Å². The monoisotopic (exact) mass is 196 g/mol. The molecule has 1 heterocycles. The van der Waals surface area contributed by atoms with Crippen molar-refractivity contribution in [2.24, 2.45) is 5.92 Å². The number of rotatable bonds is 6. The fraction of sp³-hybridized carbons (Fsp3) is 0.600. The Morgan fingerprint density at radius 1 is 1.64 bits per heavy atom. The first-order valence-corrected chi connectivity index (χ1v) is 4.77. The van der Waals surface area contributed by atoms with E-state index in [1.807, 2.05) is 0 Å². The summed E-state index contributed by atoms with van der Waals surface area (Å²) in [4.78, 5) is 10.4. The van der Waals surface area contributed by atoms with Crippen LogP contribution in [0.4, 0.5) is 0 Å². The number of hydrogen-bond acceptors (Lipinski definition) is 3. The van der Waals surface area contributed by atoms with Gasteiger partial charge in [-0.1, -0.05) is 13.8 Å². The molecule has 0 aliphatic rings. The number of nitrogens with zero attached hydrogens (tertiary/aromatic N) is 2. The van der Waals surface area contributed by atoms with Crippen LogP contribution in [0, 0.1) is 5.92 Å². The molecule has 0 bridgehead atoms. The van der Waals surface area contributed by atoms with Crippen molar-refractivity contribution in [1.29, 1.82) is 0 Å². The summed E-state index contributed by atoms with van der Waals surface area (Å²) in [6, 6.07) is 0. The summed E-state index contributed by atoms with van der Waals surface area (Å²) >= 11 is 0. The normalized spacial score (nSPS) is 10.8. The number of aldehydes is 1. The minimum Gasteiger partial charge on any atom is -0.379 e. The lowest BCUT2D eigenvalue weighted by molar-refractivity contribution is 0.101. The van der Waals surface area contributed by atoms with Crippen molar-refractivity contribution in [3.8, 4) is 0 Å². The molecular formula is C10H16N2O2. The van der Waals surface area contributed by atoms with Crippen LogP contribution in [0.25, 0.3) is 0 Å². The molecule has 0 amide bonds. The van der Waals surface area contributed by atoms with Crippen LogP contribution < -0.4 is 0 Å². The van der Waals surface area contributed by atoms with E-state index in [9.17, 15) is 4.79 Å². The van der Waals surface area contributed by atoms with Crippen LogP contribution in [0.1, 0.15) is 24.2 Å². The largest absolute Gasteiger partial charge is 0.379 e. The third kappa shape index (κ3) is 3.70. The minimum absolute atomic E-state index is 0.554. The van der Waals surface area contributed by atoms with Gasteiger partial charge in [-0.2, -0.15) is 5.10 Å². The van der Waals surface area contributed by atoms with Crippen molar-refractivity contribution in [2.75, 3.05) is 13.2 Å². The second-order valence-corrected chi connectivity index (χ2v) is 3.62. The van der Waals surface area contributed by atoms with Crippen molar-refractivity contribution >= 4 is 6.29 Å². The lowest BCUT2D eigenvalue weighted by atomic mass is 10.2. The summed E-state index contributed by atoms with van der Waals surface area (Å²) in [5.74, 6) is 0.554. The fourth-order valence-electron chi connectivity index (χ4n) is 1.04.